The zero-order chi connectivity index (χ0) is 10.8. The lowest BCUT2D eigenvalue weighted by Gasteiger charge is -2.41. The number of rotatable bonds is 3. The zero-order valence-corrected chi connectivity index (χ0v) is 8.59. The minimum absolute atomic E-state index is 0.0500. The molecule has 5 heteroatoms. The number of hydrogen-bond acceptors (Lipinski definition) is 3. The minimum atomic E-state index is -0.803. The second kappa shape index (κ2) is 3.96. The molecule has 0 bridgehead atoms. The van der Waals surface area contributed by atoms with Gasteiger partial charge >= 0.3 is 6.03 Å². The van der Waals surface area contributed by atoms with Gasteiger partial charge in [-0.25, -0.2) is 4.79 Å². The third-order valence-electron chi connectivity index (χ3n) is 2.66. The molecule has 80 valence electrons. The molecular weight excluding hydrogens is 182 g/mol. The van der Waals surface area contributed by atoms with Crippen LogP contribution in [0.1, 0.15) is 33.1 Å². The molecule has 1 rings (SSSR count). The summed E-state index contributed by atoms with van der Waals surface area (Å²) in [5.41, 5.74) is 4.89. The SMILES string of the molecule is CC(NC1(C)CCC1)C(=O)NC(N)=O. The monoisotopic (exact) mass is 199 g/mol. The van der Waals surface area contributed by atoms with Gasteiger partial charge < -0.3 is 11.1 Å². The van der Waals surface area contributed by atoms with Crippen LogP contribution < -0.4 is 16.4 Å². The Bertz CT molecular complexity index is 248. The van der Waals surface area contributed by atoms with Crippen molar-refractivity contribution < 1.29 is 9.59 Å². The third kappa shape index (κ3) is 2.70. The average molecular weight is 199 g/mol. The maximum atomic E-state index is 11.3. The Labute approximate surface area is 83.4 Å². The highest BCUT2D eigenvalue weighted by Gasteiger charge is 2.34. The summed E-state index contributed by atoms with van der Waals surface area (Å²) in [5.74, 6) is -0.370. The summed E-state index contributed by atoms with van der Waals surface area (Å²) in [6.07, 6.45) is 3.33. The number of imide groups is 1. The molecule has 0 aliphatic heterocycles. The van der Waals surface area contributed by atoms with E-state index < -0.39 is 6.03 Å². The molecule has 1 aliphatic rings. The van der Waals surface area contributed by atoms with E-state index in [1.807, 2.05) is 0 Å². The Morgan fingerprint density at radius 2 is 2.00 bits per heavy atom. The molecule has 1 unspecified atom stereocenters. The smallest absolute Gasteiger partial charge is 0.318 e. The second-order valence-electron chi connectivity index (χ2n) is 4.13. The van der Waals surface area contributed by atoms with E-state index in [0.717, 1.165) is 12.8 Å². The van der Waals surface area contributed by atoms with E-state index in [9.17, 15) is 9.59 Å². The van der Waals surface area contributed by atoms with E-state index in [0.29, 0.717) is 0 Å². The lowest BCUT2D eigenvalue weighted by atomic mass is 9.78. The number of urea groups is 1. The zero-order valence-electron chi connectivity index (χ0n) is 8.59. The molecule has 0 radical (unpaired) electrons. The van der Waals surface area contributed by atoms with Crippen molar-refractivity contribution >= 4 is 11.9 Å². The van der Waals surface area contributed by atoms with E-state index >= 15 is 0 Å². The van der Waals surface area contributed by atoms with Crippen LogP contribution >= 0.6 is 0 Å². The van der Waals surface area contributed by atoms with Gasteiger partial charge in [0.15, 0.2) is 0 Å². The highest BCUT2D eigenvalue weighted by atomic mass is 16.2. The van der Waals surface area contributed by atoms with Gasteiger partial charge in [-0.2, -0.15) is 0 Å². The lowest BCUT2D eigenvalue weighted by molar-refractivity contribution is -0.122. The predicted molar refractivity (Wildman–Crippen MR) is 52.6 cm³/mol. The van der Waals surface area contributed by atoms with E-state index in [1.54, 1.807) is 6.92 Å². The molecule has 1 fully saturated rings. The summed E-state index contributed by atoms with van der Waals surface area (Å²) >= 11 is 0. The van der Waals surface area contributed by atoms with Crippen LogP contribution in [0.4, 0.5) is 4.79 Å². The van der Waals surface area contributed by atoms with Crippen LogP contribution in [0.25, 0.3) is 0 Å². The Kier molecular flexibility index (Phi) is 3.10. The van der Waals surface area contributed by atoms with Crippen molar-refractivity contribution in [2.75, 3.05) is 0 Å². The first-order valence-electron chi connectivity index (χ1n) is 4.81. The molecular formula is C9H17N3O2. The van der Waals surface area contributed by atoms with Gasteiger partial charge in [-0.3, -0.25) is 10.1 Å². The third-order valence-corrected chi connectivity index (χ3v) is 2.66. The number of primary amides is 1. The summed E-state index contributed by atoms with van der Waals surface area (Å²) < 4.78 is 0. The Morgan fingerprint density at radius 3 is 2.36 bits per heavy atom. The molecule has 1 atom stereocenters. The summed E-state index contributed by atoms with van der Waals surface area (Å²) in [5, 5.41) is 5.23. The van der Waals surface area contributed by atoms with Gasteiger partial charge in [0, 0.05) is 5.54 Å². The Balaban J connectivity index is 2.37. The van der Waals surface area contributed by atoms with Gasteiger partial charge in [0.2, 0.25) is 5.91 Å². The van der Waals surface area contributed by atoms with Crippen molar-refractivity contribution in [2.24, 2.45) is 5.73 Å². The molecule has 0 aromatic heterocycles. The van der Waals surface area contributed by atoms with Crippen LogP contribution in [0.3, 0.4) is 0 Å². The maximum absolute atomic E-state index is 11.3. The van der Waals surface area contributed by atoms with Crippen LogP contribution in [0.2, 0.25) is 0 Å². The van der Waals surface area contributed by atoms with Crippen molar-refractivity contribution in [2.45, 2.75) is 44.7 Å². The maximum Gasteiger partial charge on any atom is 0.318 e. The van der Waals surface area contributed by atoms with E-state index in [4.69, 9.17) is 5.73 Å². The minimum Gasteiger partial charge on any atom is -0.351 e. The molecule has 1 saturated carbocycles. The molecule has 0 saturated heterocycles. The van der Waals surface area contributed by atoms with Crippen LogP contribution in [0.5, 0.6) is 0 Å². The van der Waals surface area contributed by atoms with Gasteiger partial charge in [0.1, 0.15) is 0 Å². The van der Waals surface area contributed by atoms with Gasteiger partial charge in [0.25, 0.3) is 0 Å². The first kappa shape index (κ1) is 11.0. The average Bonchev–Trinajstić information content (AvgIpc) is 2.00. The van der Waals surface area contributed by atoms with Gasteiger partial charge in [-0.15, -0.1) is 0 Å². The largest absolute Gasteiger partial charge is 0.351 e. The van der Waals surface area contributed by atoms with Gasteiger partial charge in [-0.1, -0.05) is 0 Å². The van der Waals surface area contributed by atoms with Gasteiger partial charge in [0.05, 0.1) is 6.04 Å². The van der Waals surface area contributed by atoms with E-state index in [-0.39, 0.29) is 17.5 Å². The van der Waals surface area contributed by atoms with Crippen LogP contribution in [-0.4, -0.2) is 23.5 Å². The molecule has 4 N–H and O–H groups in total. The molecule has 14 heavy (non-hydrogen) atoms. The van der Waals surface area contributed by atoms with Crippen LogP contribution in [0, 0.1) is 0 Å². The molecule has 0 aromatic carbocycles. The summed E-state index contributed by atoms with van der Waals surface area (Å²) in [6.45, 7) is 3.80. The van der Waals surface area contributed by atoms with Gasteiger partial charge in [-0.05, 0) is 33.1 Å². The number of hydrogen-bond donors (Lipinski definition) is 3. The van der Waals surface area contributed by atoms with Crippen molar-refractivity contribution in [1.82, 2.24) is 10.6 Å². The van der Waals surface area contributed by atoms with Crippen molar-refractivity contribution in [3.05, 3.63) is 0 Å². The number of carbonyl (C=O) groups is 2. The fraction of sp³-hybridized carbons (Fsp3) is 0.778. The molecule has 1 aliphatic carbocycles. The second-order valence-corrected chi connectivity index (χ2v) is 4.13. The highest BCUT2D eigenvalue weighted by Crippen LogP contribution is 2.31. The lowest BCUT2D eigenvalue weighted by Crippen LogP contribution is -2.57. The quantitative estimate of drug-likeness (QED) is 0.602. The fourth-order valence-electron chi connectivity index (χ4n) is 1.67. The molecule has 0 spiro atoms. The number of nitrogens with two attached hydrogens (primary N) is 1. The Hall–Kier alpha value is -1.10. The van der Waals surface area contributed by atoms with E-state index in [1.165, 1.54) is 6.42 Å². The molecule has 0 aromatic rings. The topological polar surface area (TPSA) is 84.2 Å². The van der Waals surface area contributed by atoms with E-state index in [2.05, 4.69) is 17.6 Å². The summed E-state index contributed by atoms with van der Waals surface area (Å²) in [7, 11) is 0. The fourth-order valence-corrected chi connectivity index (χ4v) is 1.67. The Morgan fingerprint density at radius 1 is 1.43 bits per heavy atom. The molecule has 3 amide bonds. The standard InChI is InChI=1S/C9H17N3O2/c1-6(7(13)11-8(10)14)12-9(2)4-3-5-9/h6,12H,3-5H2,1-2H3,(H3,10,11,13,14). The van der Waals surface area contributed by atoms with Crippen molar-refractivity contribution in [1.29, 1.82) is 0 Å². The normalized spacial score (nSPS) is 20.7. The first-order chi connectivity index (χ1) is 6.43. The number of amides is 3. The predicted octanol–water partition coefficient (Wildman–Crippen LogP) is 0.102. The summed E-state index contributed by atoms with van der Waals surface area (Å²) in [4.78, 5) is 21.7. The van der Waals surface area contributed by atoms with Crippen LogP contribution in [0.15, 0.2) is 0 Å². The van der Waals surface area contributed by atoms with Crippen LogP contribution in [-0.2, 0) is 4.79 Å². The van der Waals surface area contributed by atoms with Crippen molar-refractivity contribution in [3.63, 3.8) is 0 Å². The number of carbonyl (C=O) groups excluding carboxylic acids is 2. The van der Waals surface area contributed by atoms with Crippen molar-refractivity contribution in [3.8, 4) is 0 Å². The highest BCUT2D eigenvalue weighted by molar-refractivity contribution is 5.96. The summed E-state index contributed by atoms with van der Waals surface area (Å²) in [6, 6.07) is -1.18. The molecule has 5 nitrogen and oxygen atoms in total. The molecule has 0 heterocycles. The first-order valence-corrected chi connectivity index (χ1v) is 4.81. The number of nitrogens with one attached hydrogen (secondary N) is 2.